The summed E-state index contributed by atoms with van der Waals surface area (Å²) in [6, 6.07) is 5.47. The smallest absolute Gasteiger partial charge is 0.407 e. The molecule has 0 bridgehead atoms. The van der Waals surface area contributed by atoms with Crippen LogP contribution in [0.2, 0.25) is 5.02 Å². The number of halogens is 1. The van der Waals surface area contributed by atoms with E-state index in [2.05, 4.69) is 5.32 Å². The van der Waals surface area contributed by atoms with Gasteiger partial charge in [0.25, 0.3) is 0 Å². The second kappa shape index (κ2) is 3.98. The first-order valence-electron chi connectivity index (χ1n) is 4.67. The van der Waals surface area contributed by atoms with Crippen molar-refractivity contribution >= 4 is 23.4 Å². The molecule has 0 saturated heterocycles. The van der Waals surface area contributed by atoms with Gasteiger partial charge in [0.1, 0.15) is 0 Å². The average molecular weight is 227 g/mol. The molecule has 2 rings (SSSR count). The van der Waals surface area contributed by atoms with E-state index >= 15 is 0 Å². The maximum Gasteiger partial charge on any atom is 0.407 e. The fraction of sp³-hybridized carbons (Fsp3) is 0.300. The van der Waals surface area contributed by atoms with Crippen LogP contribution in [0.5, 0.6) is 0 Å². The van der Waals surface area contributed by atoms with Gasteiger partial charge < -0.3 is 15.3 Å². The highest BCUT2D eigenvalue weighted by Gasteiger charge is 2.17. The molecule has 0 saturated carbocycles. The Morgan fingerprint density at radius 2 is 2.33 bits per heavy atom. The number of hydrogen-bond donors (Lipinski definition) is 2. The van der Waals surface area contributed by atoms with E-state index in [9.17, 15) is 4.79 Å². The van der Waals surface area contributed by atoms with Gasteiger partial charge >= 0.3 is 6.09 Å². The second-order valence-electron chi connectivity index (χ2n) is 3.43. The maximum absolute atomic E-state index is 10.9. The zero-order valence-electron chi connectivity index (χ0n) is 8.03. The van der Waals surface area contributed by atoms with Gasteiger partial charge in [0.2, 0.25) is 0 Å². The van der Waals surface area contributed by atoms with Crippen molar-refractivity contribution in [2.45, 2.75) is 6.54 Å². The van der Waals surface area contributed by atoms with Gasteiger partial charge in [-0.2, -0.15) is 0 Å². The van der Waals surface area contributed by atoms with Crippen molar-refractivity contribution in [2.75, 3.05) is 18.4 Å². The second-order valence-corrected chi connectivity index (χ2v) is 3.87. The third-order valence-electron chi connectivity index (χ3n) is 2.40. The molecule has 1 aromatic carbocycles. The van der Waals surface area contributed by atoms with Crippen molar-refractivity contribution in [1.29, 1.82) is 0 Å². The highest BCUT2D eigenvalue weighted by molar-refractivity contribution is 6.30. The lowest BCUT2D eigenvalue weighted by molar-refractivity contribution is 0.145. The minimum atomic E-state index is -0.898. The van der Waals surface area contributed by atoms with Crippen molar-refractivity contribution in [3.8, 4) is 0 Å². The summed E-state index contributed by atoms with van der Waals surface area (Å²) in [5, 5.41) is 12.7. The molecule has 0 unspecified atom stereocenters. The van der Waals surface area contributed by atoms with Crippen molar-refractivity contribution in [1.82, 2.24) is 4.90 Å². The number of benzene rings is 1. The van der Waals surface area contributed by atoms with Crippen molar-refractivity contribution in [2.24, 2.45) is 0 Å². The van der Waals surface area contributed by atoms with E-state index in [1.165, 1.54) is 4.90 Å². The first kappa shape index (κ1) is 10.1. The number of nitrogens with zero attached hydrogens (tertiary/aromatic N) is 1. The molecule has 4 nitrogen and oxygen atoms in total. The summed E-state index contributed by atoms with van der Waals surface area (Å²) in [7, 11) is 0. The fourth-order valence-electron chi connectivity index (χ4n) is 1.64. The van der Waals surface area contributed by atoms with Crippen molar-refractivity contribution in [3.05, 3.63) is 28.8 Å². The van der Waals surface area contributed by atoms with E-state index in [-0.39, 0.29) is 0 Å². The van der Waals surface area contributed by atoms with E-state index in [0.717, 1.165) is 11.3 Å². The molecule has 0 fully saturated rings. The molecular weight excluding hydrogens is 216 g/mol. The van der Waals surface area contributed by atoms with Crippen LogP contribution >= 0.6 is 11.6 Å². The van der Waals surface area contributed by atoms with E-state index in [1.54, 1.807) is 12.1 Å². The number of fused-ring (bicyclic) bond motifs is 1. The highest BCUT2D eigenvalue weighted by atomic mass is 35.5. The Balaban J connectivity index is 2.31. The van der Waals surface area contributed by atoms with E-state index in [4.69, 9.17) is 16.7 Å². The largest absolute Gasteiger partial charge is 0.465 e. The number of anilines is 1. The summed E-state index contributed by atoms with van der Waals surface area (Å²) in [5.74, 6) is 0. The first-order valence-corrected chi connectivity index (χ1v) is 5.05. The Labute approximate surface area is 92.5 Å². The van der Waals surface area contributed by atoms with Gasteiger partial charge in [-0.25, -0.2) is 4.79 Å². The molecular formula is C10H11ClN2O2. The Hall–Kier alpha value is -1.42. The standard InChI is InChI=1S/C10H11ClN2O2/c11-8-1-2-9-7(5-8)6-13(10(14)15)4-3-12-9/h1-2,5,12H,3-4,6H2,(H,14,15). The molecule has 15 heavy (non-hydrogen) atoms. The molecule has 5 heteroatoms. The number of hydrogen-bond acceptors (Lipinski definition) is 2. The van der Waals surface area contributed by atoms with Crippen LogP contribution in [-0.4, -0.2) is 29.2 Å². The van der Waals surface area contributed by atoms with Gasteiger partial charge in [0, 0.05) is 23.8 Å². The van der Waals surface area contributed by atoms with Crippen LogP contribution in [0.15, 0.2) is 18.2 Å². The summed E-state index contributed by atoms with van der Waals surface area (Å²) < 4.78 is 0. The molecule has 1 amide bonds. The van der Waals surface area contributed by atoms with E-state index < -0.39 is 6.09 Å². The van der Waals surface area contributed by atoms with Gasteiger partial charge in [-0.3, -0.25) is 0 Å². The molecule has 80 valence electrons. The third-order valence-corrected chi connectivity index (χ3v) is 2.63. The predicted octanol–water partition coefficient (Wildman–Crippen LogP) is 2.25. The van der Waals surface area contributed by atoms with Crippen LogP contribution < -0.4 is 5.32 Å². The zero-order valence-corrected chi connectivity index (χ0v) is 8.79. The minimum Gasteiger partial charge on any atom is -0.465 e. The molecule has 2 N–H and O–H groups in total. The Morgan fingerprint density at radius 3 is 3.07 bits per heavy atom. The van der Waals surface area contributed by atoms with Crippen LogP contribution in [0, 0.1) is 0 Å². The predicted molar refractivity (Wildman–Crippen MR) is 58.4 cm³/mol. The van der Waals surface area contributed by atoms with Gasteiger partial charge in [-0.1, -0.05) is 11.6 Å². The lowest BCUT2D eigenvalue weighted by Gasteiger charge is -2.15. The van der Waals surface area contributed by atoms with Crippen LogP contribution in [0.3, 0.4) is 0 Å². The molecule has 0 aliphatic carbocycles. The molecule has 0 atom stereocenters. The topological polar surface area (TPSA) is 52.6 Å². The van der Waals surface area contributed by atoms with Crippen LogP contribution in [0.1, 0.15) is 5.56 Å². The highest BCUT2D eigenvalue weighted by Crippen LogP contribution is 2.23. The molecule has 1 aliphatic heterocycles. The monoisotopic (exact) mass is 226 g/mol. The van der Waals surface area contributed by atoms with E-state index in [1.807, 2.05) is 6.07 Å². The van der Waals surface area contributed by atoms with Crippen LogP contribution in [-0.2, 0) is 6.54 Å². The molecule has 1 aromatic rings. The summed E-state index contributed by atoms with van der Waals surface area (Å²) in [5.41, 5.74) is 1.88. The van der Waals surface area contributed by atoms with Crippen molar-refractivity contribution in [3.63, 3.8) is 0 Å². The van der Waals surface area contributed by atoms with Gasteiger partial charge in [0.05, 0.1) is 6.54 Å². The van der Waals surface area contributed by atoms with Crippen LogP contribution in [0.4, 0.5) is 10.5 Å². The quantitative estimate of drug-likeness (QED) is 0.714. The number of carboxylic acid groups (broad SMARTS) is 1. The Morgan fingerprint density at radius 1 is 1.53 bits per heavy atom. The number of carbonyl (C=O) groups is 1. The Kier molecular flexibility index (Phi) is 2.68. The maximum atomic E-state index is 10.9. The summed E-state index contributed by atoms with van der Waals surface area (Å²) in [4.78, 5) is 12.2. The molecule has 1 heterocycles. The SMILES string of the molecule is O=C(O)N1CCNc2ccc(Cl)cc2C1. The molecule has 0 spiro atoms. The van der Waals surface area contributed by atoms with Crippen molar-refractivity contribution < 1.29 is 9.90 Å². The molecule has 0 radical (unpaired) electrons. The Bertz CT molecular complexity index is 395. The summed E-state index contributed by atoms with van der Waals surface area (Å²) >= 11 is 5.86. The molecule has 0 aromatic heterocycles. The van der Waals surface area contributed by atoms with E-state index in [0.29, 0.717) is 24.7 Å². The average Bonchev–Trinajstić information content (AvgIpc) is 2.39. The van der Waals surface area contributed by atoms with Crippen LogP contribution in [0.25, 0.3) is 0 Å². The third kappa shape index (κ3) is 2.15. The lowest BCUT2D eigenvalue weighted by atomic mass is 10.2. The first-order chi connectivity index (χ1) is 7.16. The number of nitrogens with one attached hydrogen (secondary N) is 1. The minimum absolute atomic E-state index is 0.387. The van der Waals surface area contributed by atoms with Gasteiger partial charge in [0.15, 0.2) is 0 Å². The lowest BCUT2D eigenvalue weighted by Crippen LogP contribution is -2.31. The fourth-order valence-corrected chi connectivity index (χ4v) is 1.83. The normalized spacial score (nSPS) is 15.1. The summed E-state index contributed by atoms with van der Waals surface area (Å²) in [6.07, 6.45) is -0.898. The number of amides is 1. The van der Waals surface area contributed by atoms with Gasteiger partial charge in [-0.05, 0) is 23.8 Å². The van der Waals surface area contributed by atoms with Gasteiger partial charge in [-0.15, -0.1) is 0 Å². The zero-order chi connectivity index (χ0) is 10.8. The summed E-state index contributed by atoms with van der Waals surface area (Å²) in [6.45, 7) is 1.50. The number of rotatable bonds is 0. The molecule has 1 aliphatic rings.